The summed E-state index contributed by atoms with van der Waals surface area (Å²) < 4.78 is 0. The zero-order chi connectivity index (χ0) is 28.6. The maximum atomic E-state index is 5.45. The third-order valence-corrected chi connectivity index (χ3v) is 7.41. The van der Waals surface area contributed by atoms with Crippen molar-refractivity contribution in [2.45, 2.75) is 118 Å². The number of nitrogens with one attached hydrogen (secondary N) is 1. The molecule has 0 amide bonds. The van der Waals surface area contributed by atoms with Crippen LogP contribution in [0.3, 0.4) is 0 Å². The SMILES string of the molecule is CC1=NCCCN1.CCCCCCN(CCCCCC)C1=NCCN1CCCCCC.CN1CCCN=C1N. The zero-order valence-corrected chi connectivity index (χ0v) is 26.5. The number of aliphatic imine (C=N–C) groups is 3. The van der Waals surface area contributed by atoms with Gasteiger partial charge in [0.1, 0.15) is 0 Å². The van der Waals surface area contributed by atoms with Gasteiger partial charge < -0.3 is 25.8 Å². The molecule has 228 valence electrons. The molecule has 0 saturated heterocycles. The molecule has 0 fully saturated rings. The van der Waals surface area contributed by atoms with Crippen molar-refractivity contribution in [3.8, 4) is 0 Å². The standard InChI is InChI=1S/C21H43N3.C5H11N3.C5H10N2/c1-4-7-10-13-17-23(18-14-11-8-5-2)21-22-16-20-24(21)19-15-12-9-6-3;1-8-4-2-3-7-5(8)6;1-5-6-3-2-4-7-5/h4-20H2,1-3H3;2-4H2,1H3,(H2,6,7);2-4H2,1H3,(H,6,7). The summed E-state index contributed by atoms with van der Waals surface area (Å²) in [5.41, 5.74) is 5.45. The summed E-state index contributed by atoms with van der Waals surface area (Å²) >= 11 is 0. The third kappa shape index (κ3) is 17.3. The van der Waals surface area contributed by atoms with Crippen molar-refractivity contribution in [1.82, 2.24) is 20.0 Å². The van der Waals surface area contributed by atoms with Crippen molar-refractivity contribution in [2.75, 3.05) is 66.0 Å². The van der Waals surface area contributed by atoms with Crippen molar-refractivity contribution < 1.29 is 0 Å². The average Bonchev–Trinajstić information content (AvgIpc) is 3.41. The molecule has 39 heavy (non-hydrogen) atoms. The molecular formula is C31H64N8. The van der Waals surface area contributed by atoms with Crippen molar-refractivity contribution in [1.29, 1.82) is 0 Å². The first-order chi connectivity index (χ1) is 19.0. The van der Waals surface area contributed by atoms with E-state index in [4.69, 9.17) is 10.7 Å². The normalized spacial score (nSPS) is 16.7. The van der Waals surface area contributed by atoms with E-state index in [-0.39, 0.29) is 0 Å². The maximum Gasteiger partial charge on any atom is 0.196 e. The highest BCUT2D eigenvalue weighted by molar-refractivity contribution is 5.81. The molecule has 0 aromatic rings. The highest BCUT2D eigenvalue weighted by Crippen LogP contribution is 2.13. The summed E-state index contributed by atoms with van der Waals surface area (Å²) in [5, 5.41) is 3.13. The molecule has 3 N–H and O–H groups in total. The van der Waals surface area contributed by atoms with Gasteiger partial charge >= 0.3 is 0 Å². The van der Waals surface area contributed by atoms with Crippen molar-refractivity contribution in [2.24, 2.45) is 20.7 Å². The Morgan fingerprint density at radius 1 is 0.744 bits per heavy atom. The lowest BCUT2D eigenvalue weighted by molar-refractivity contribution is 0.320. The highest BCUT2D eigenvalue weighted by atomic mass is 15.4. The van der Waals surface area contributed by atoms with Gasteiger partial charge in [-0.1, -0.05) is 78.6 Å². The largest absolute Gasteiger partial charge is 0.374 e. The minimum atomic E-state index is 0.677. The van der Waals surface area contributed by atoms with Crippen molar-refractivity contribution in [3.05, 3.63) is 0 Å². The molecule has 0 radical (unpaired) electrons. The van der Waals surface area contributed by atoms with Gasteiger partial charge in [0.15, 0.2) is 11.9 Å². The van der Waals surface area contributed by atoms with Crippen LogP contribution < -0.4 is 11.1 Å². The van der Waals surface area contributed by atoms with E-state index in [2.05, 4.69) is 45.9 Å². The summed E-state index contributed by atoms with van der Waals surface area (Å²) in [6, 6.07) is 0. The smallest absolute Gasteiger partial charge is 0.196 e. The molecular weight excluding hydrogens is 484 g/mol. The van der Waals surface area contributed by atoms with E-state index in [1.165, 1.54) is 109 Å². The second-order valence-electron chi connectivity index (χ2n) is 11.1. The molecule has 3 heterocycles. The predicted molar refractivity (Wildman–Crippen MR) is 172 cm³/mol. The van der Waals surface area contributed by atoms with E-state index in [9.17, 15) is 0 Å². The fourth-order valence-electron chi connectivity index (χ4n) is 4.87. The summed E-state index contributed by atoms with van der Waals surface area (Å²) in [7, 11) is 1.96. The first-order valence-corrected chi connectivity index (χ1v) is 16.3. The van der Waals surface area contributed by atoms with E-state index in [1.807, 2.05) is 18.9 Å². The molecule has 8 heteroatoms. The number of rotatable bonds is 15. The first kappa shape index (κ1) is 35.0. The number of unbranched alkanes of at least 4 members (excludes halogenated alkanes) is 9. The van der Waals surface area contributed by atoms with Crippen LogP contribution in [0.1, 0.15) is 118 Å². The topological polar surface area (TPSA) is 84.9 Å². The second kappa shape index (κ2) is 23.9. The predicted octanol–water partition coefficient (Wildman–Crippen LogP) is 5.74. The van der Waals surface area contributed by atoms with E-state index in [1.54, 1.807) is 0 Å². The zero-order valence-electron chi connectivity index (χ0n) is 26.5. The molecule has 0 bridgehead atoms. The maximum absolute atomic E-state index is 5.45. The number of hydrogen-bond donors (Lipinski definition) is 2. The van der Waals surface area contributed by atoms with Crippen LogP contribution in [0.4, 0.5) is 0 Å². The molecule has 0 aromatic heterocycles. The van der Waals surface area contributed by atoms with E-state index in [0.717, 1.165) is 51.5 Å². The number of nitrogens with zero attached hydrogens (tertiary/aromatic N) is 6. The first-order valence-electron chi connectivity index (χ1n) is 16.3. The van der Waals surface area contributed by atoms with Crippen LogP contribution in [0.5, 0.6) is 0 Å². The van der Waals surface area contributed by atoms with Crippen LogP contribution in [-0.4, -0.2) is 98.4 Å². The molecule has 3 rings (SSSR count). The molecule has 0 aromatic carbocycles. The Morgan fingerprint density at radius 3 is 1.82 bits per heavy atom. The van der Waals surface area contributed by atoms with Crippen LogP contribution in [0.15, 0.2) is 15.0 Å². The molecule has 0 aliphatic carbocycles. The van der Waals surface area contributed by atoms with Crippen LogP contribution >= 0.6 is 0 Å². The Kier molecular flexibility index (Phi) is 21.4. The molecule has 0 unspecified atom stereocenters. The summed E-state index contributed by atoms with van der Waals surface area (Å²) in [6.07, 6.45) is 18.5. The molecule has 3 aliphatic rings. The van der Waals surface area contributed by atoms with Crippen LogP contribution in [0, 0.1) is 0 Å². The van der Waals surface area contributed by atoms with Crippen molar-refractivity contribution in [3.63, 3.8) is 0 Å². The number of nitrogens with two attached hydrogens (primary N) is 1. The Hall–Kier alpha value is -1.99. The third-order valence-electron chi connectivity index (χ3n) is 7.41. The minimum Gasteiger partial charge on any atom is -0.374 e. The molecule has 3 aliphatic heterocycles. The fourth-order valence-corrected chi connectivity index (χ4v) is 4.87. The van der Waals surface area contributed by atoms with Gasteiger partial charge in [0.05, 0.1) is 12.4 Å². The second-order valence-corrected chi connectivity index (χ2v) is 11.1. The Bertz CT molecular complexity index is 664. The Balaban J connectivity index is 0.000000405. The lowest BCUT2D eigenvalue weighted by Crippen LogP contribution is -2.43. The van der Waals surface area contributed by atoms with Gasteiger partial charge in [-0.2, -0.15) is 0 Å². The van der Waals surface area contributed by atoms with E-state index >= 15 is 0 Å². The molecule has 0 saturated carbocycles. The average molecular weight is 549 g/mol. The van der Waals surface area contributed by atoms with Gasteiger partial charge in [-0.25, -0.2) is 0 Å². The van der Waals surface area contributed by atoms with Crippen LogP contribution in [-0.2, 0) is 0 Å². The number of amidine groups is 1. The van der Waals surface area contributed by atoms with Crippen LogP contribution in [0.2, 0.25) is 0 Å². The quantitative estimate of drug-likeness (QED) is 0.255. The van der Waals surface area contributed by atoms with Gasteiger partial charge in [0, 0.05) is 59.4 Å². The molecule has 0 spiro atoms. The van der Waals surface area contributed by atoms with Gasteiger partial charge in [-0.3, -0.25) is 15.0 Å². The van der Waals surface area contributed by atoms with Crippen LogP contribution in [0.25, 0.3) is 0 Å². The summed E-state index contributed by atoms with van der Waals surface area (Å²) in [4.78, 5) is 20.2. The summed E-state index contributed by atoms with van der Waals surface area (Å²) in [5.74, 6) is 3.09. The van der Waals surface area contributed by atoms with Gasteiger partial charge in [0.2, 0.25) is 0 Å². The lowest BCUT2D eigenvalue weighted by atomic mass is 10.1. The van der Waals surface area contributed by atoms with Gasteiger partial charge in [-0.05, 0) is 39.0 Å². The van der Waals surface area contributed by atoms with E-state index in [0.29, 0.717) is 5.96 Å². The fraction of sp³-hybridized carbons (Fsp3) is 0.903. The highest BCUT2D eigenvalue weighted by Gasteiger charge is 2.22. The van der Waals surface area contributed by atoms with Gasteiger partial charge in [-0.15, -0.1) is 0 Å². The molecule has 8 nitrogen and oxygen atoms in total. The number of guanidine groups is 2. The summed E-state index contributed by atoms with van der Waals surface area (Å²) in [6.45, 7) is 18.7. The molecule has 0 atom stereocenters. The van der Waals surface area contributed by atoms with E-state index < -0.39 is 0 Å². The Labute approximate surface area is 242 Å². The Morgan fingerprint density at radius 2 is 1.36 bits per heavy atom. The van der Waals surface area contributed by atoms with Crippen molar-refractivity contribution >= 4 is 17.8 Å². The van der Waals surface area contributed by atoms with Gasteiger partial charge in [0.25, 0.3) is 0 Å². The number of hydrogen-bond acceptors (Lipinski definition) is 8. The lowest BCUT2D eigenvalue weighted by Gasteiger charge is -2.31. The minimum absolute atomic E-state index is 0.677. The monoisotopic (exact) mass is 549 g/mol.